The summed E-state index contributed by atoms with van der Waals surface area (Å²) in [5.74, 6) is -1.87. The van der Waals surface area contributed by atoms with Gasteiger partial charge in [0.15, 0.2) is 0 Å². The minimum Gasteiger partial charge on any atom is -0.394 e. The van der Waals surface area contributed by atoms with Crippen molar-refractivity contribution in [1.29, 1.82) is 0 Å². The lowest BCUT2D eigenvalue weighted by molar-refractivity contribution is -0.141. The highest BCUT2D eigenvalue weighted by molar-refractivity contribution is 8.02. The number of hydrogen-bond donors (Lipinski definition) is 3. The molecule has 0 saturated carbocycles. The molecule has 2 unspecified atom stereocenters. The standard InChI is InChI=1S/C33H35N3O4S/c1-20-10-9-11-21(2)28(20)35-31(39)29-33-17-16-25(41-33)26(30(38)34-23-14-7-4-8-15-23)27(33)32(40)36(29)24(19-37)18-22-12-5-3-6-13-22/h3-15,24-27,29,37H,16-19H2,1-2H3,(H,34,38)(H,35,39)/t24-,25-,26+,27+,29?,33?/m1/s1. The Hall–Kier alpha value is -3.62. The number of para-hydroxylation sites is 2. The van der Waals surface area contributed by atoms with E-state index in [0.29, 0.717) is 18.5 Å². The molecule has 212 valence electrons. The van der Waals surface area contributed by atoms with Gasteiger partial charge in [-0.05, 0) is 61.9 Å². The minimum atomic E-state index is -0.815. The van der Waals surface area contributed by atoms with Crippen molar-refractivity contribution in [2.75, 3.05) is 17.2 Å². The molecule has 3 saturated heterocycles. The smallest absolute Gasteiger partial charge is 0.248 e. The summed E-state index contributed by atoms with van der Waals surface area (Å²) in [6.45, 7) is 3.62. The Morgan fingerprint density at radius 3 is 2.27 bits per heavy atom. The van der Waals surface area contributed by atoms with Crippen LogP contribution < -0.4 is 10.6 Å². The highest BCUT2D eigenvalue weighted by Crippen LogP contribution is 2.66. The average molecular weight is 570 g/mol. The highest BCUT2D eigenvalue weighted by atomic mass is 32.2. The topological polar surface area (TPSA) is 98.7 Å². The zero-order chi connectivity index (χ0) is 28.7. The molecule has 3 aromatic carbocycles. The number of aryl methyl sites for hydroxylation is 2. The fourth-order valence-corrected chi connectivity index (χ4v) is 9.38. The molecule has 6 atom stereocenters. The summed E-state index contributed by atoms with van der Waals surface area (Å²) >= 11 is 1.63. The highest BCUT2D eigenvalue weighted by Gasteiger charge is 2.74. The van der Waals surface area contributed by atoms with Gasteiger partial charge in [-0.2, -0.15) is 0 Å². The number of fused-ring (bicyclic) bond motifs is 1. The van der Waals surface area contributed by atoms with Gasteiger partial charge in [0, 0.05) is 16.6 Å². The van der Waals surface area contributed by atoms with Crippen LogP contribution in [0.1, 0.15) is 29.5 Å². The normalized spacial score (nSPS) is 27.0. The summed E-state index contributed by atoms with van der Waals surface area (Å²) in [5.41, 5.74) is 4.27. The third kappa shape index (κ3) is 4.73. The Kier molecular flexibility index (Phi) is 7.38. The first-order chi connectivity index (χ1) is 19.8. The van der Waals surface area contributed by atoms with E-state index in [1.165, 1.54) is 0 Å². The van der Waals surface area contributed by atoms with Crippen molar-refractivity contribution in [2.24, 2.45) is 11.8 Å². The van der Waals surface area contributed by atoms with Crippen molar-refractivity contribution in [3.05, 3.63) is 95.6 Å². The van der Waals surface area contributed by atoms with E-state index in [0.717, 1.165) is 28.8 Å². The van der Waals surface area contributed by atoms with E-state index < -0.39 is 28.7 Å². The van der Waals surface area contributed by atoms with Gasteiger partial charge in [-0.15, -0.1) is 11.8 Å². The van der Waals surface area contributed by atoms with E-state index in [1.807, 2.05) is 92.7 Å². The number of likely N-dealkylation sites (tertiary alicyclic amines) is 1. The number of nitrogens with one attached hydrogen (secondary N) is 2. The number of carbonyl (C=O) groups excluding carboxylic acids is 3. The third-order valence-corrected chi connectivity index (χ3v) is 10.9. The van der Waals surface area contributed by atoms with Crippen molar-refractivity contribution < 1.29 is 19.5 Å². The molecule has 3 N–H and O–H groups in total. The predicted molar refractivity (Wildman–Crippen MR) is 162 cm³/mol. The van der Waals surface area contributed by atoms with Gasteiger partial charge in [0.2, 0.25) is 17.7 Å². The molecule has 0 radical (unpaired) electrons. The molecule has 0 aromatic heterocycles. The number of thioether (sulfide) groups is 1. The van der Waals surface area contributed by atoms with E-state index in [-0.39, 0.29) is 29.6 Å². The molecule has 7 nitrogen and oxygen atoms in total. The number of nitrogens with zero attached hydrogens (tertiary/aromatic N) is 1. The summed E-state index contributed by atoms with van der Waals surface area (Å²) in [7, 11) is 0. The van der Waals surface area contributed by atoms with Gasteiger partial charge in [-0.25, -0.2) is 0 Å². The van der Waals surface area contributed by atoms with Crippen molar-refractivity contribution in [3.63, 3.8) is 0 Å². The quantitative estimate of drug-likeness (QED) is 0.369. The van der Waals surface area contributed by atoms with Crippen LogP contribution in [0, 0.1) is 25.7 Å². The predicted octanol–water partition coefficient (Wildman–Crippen LogP) is 4.58. The Bertz CT molecular complexity index is 1450. The van der Waals surface area contributed by atoms with Crippen molar-refractivity contribution in [2.45, 2.75) is 55.2 Å². The molecule has 3 aliphatic heterocycles. The summed E-state index contributed by atoms with van der Waals surface area (Å²) in [6.07, 6.45) is 1.83. The summed E-state index contributed by atoms with van der Waals surface area (Å²) in [6, 6.07) is 23.4. The third-order valence-electron chi connectivity index (χ3n) is 8.98. The molecule has 3 heterocycles. The molecular formula is C33H35N3O4S. The molecule has 0 aliphatic carbocycles. The second-order valence-corrected chi connectivity index (χ2v) is 13.0. The number of aliphatic hydroxyl groups excluding tert-OH is 1. The number of hydrogen-bond acceptors (Lipinski definition) is 5. The van der Waals surface area contributed by atoms with Gasteiger partial charge in [-0.1, -0.05) is 66.7 Å². The number of anilines is 2. The van der Waals surface area contributed by atoms with Gasteiger partial charge in [-0.3, -0.25) is 14.4 Å². The van der Waals surface area contributed by atoms with Crippen LogP contribution in [0.25, 0.3) is 0 Å². The van der Waals surface area contributed by atoms with E-state index >= 15 is 0 Å². The van der Waals surface area contributed by atoms with Gasteiger partial charge in [0.25, 0.3) is 0 Å². The van der Waals surface area contributed by atoms with Crippen molar-refractivity contribution in [3.8, 4) is 0 Å². The van der Waals surface area contributed by atoms with E-state index in [1.54, 1.807) is 16.7 Å². The fourth-order valence-electron chi connectivity index (χ4n) is 7.17. The Morgan fingerprint density at radius 1 is 0.951 bits per heavy atom. The van der Waals surface area contributed by atoms with Gasteiger partial charge in [0.05, 0.1) is 29.2 Å². The maximum atomic E-state index is 14.5. The van der Waals surface area contributed by atoms with Crippen LogP contribution in [0.15, 0.2) is 78.9 Å². The lowest BCUT2D eigenvalue weighted by Gasteiger charge is -2.37. The number of benzene rings is 3. The second-order valence-electron chi connectivity index (χ2n) is 11.4. The van der Waals surface area contributed by atoms with Crippen LogP contribution >= 0.6 is 11.8 Å². The molecule has 1 spiro atoms. The molecule has 6 rings (SSSR count). The Morgan fingerprint density at radius 2 is 1.61 bits per heavy atom. The van der Waals surface area contributed by atoms with Crippen molar-refractivity contribution >= 4 is 40.9 Å². The largest absolute Gasteiger partial charge is 0.394 e. The van der Waals surface area contributed by atoms with E-state index in [4.69, 9.17) is 0 Å². The first-order valence-electron chi connectivity index (χ1n) is 14.2. The zero-order valence-corrected chi connectivity index (χ0v) is 24.1. The first kappa shape index (κ1) is 27.5. The molecule has 3 aliphatic rings. The van der Waals surface area contributed by atoms with Gasteiger partial charge < -0.3 is 20.6 Å². The molecule has 8 heteroatoms. The SMILES string of the molecule is Cc1cccc(C)c1NC(=O)C1N([C@@H](CO)Cc2ccccc2)C(=O)[C@@H]2[C@@H](C(=O)Nc3ccccc3)[C@H]3CCC12S3. The zero-order valence-electron chi connectivity index (χ0n) is 23.2. The Balaban J connectivity index is 1.39. The first-order valence-corrected chi connectivity index (χ1v) is 15.1. The maximum absolute atomic E-state index is 14.5. The number of carbonyl (C=O) groups is 3. The number of aliphatic hydroxyl groups is 1. The molecule has 2 bridgehead atoms. The summed E-state index contributed by atoms with van der Waals surface area (Å²) < 4.78 is -0.745. The second kappa shape index (κ2) is 11.0. The minimum absolute atomic E-state index is 0.0491. The monoisotopic (exact) mass is 569 g/mol. The fraction of sp³-hybridized carbons (Fsp3) is 0.364. The maximum Gasteiger partial charge on any atom is 0.248 e. The van der Waals surface area contributed by atoms with Crippen LogP contribution in [0.2, 0.25) is 0 Å². The van der Waals surface area contributed by atoms with Gasteiger partial charge >= 0.3 is 0 Å². The van der Waals surface area contributed by atoms with Crippen LogP contribution in [0.5, 0.6) is 0 Å². The van der Waals surface area contributed by atoms with E-state index in [9.17, 15) is 19.5 Å². The molecule has 41 heavy (non-hydrogen) atoms. The van der Waals surface area contributed by atoms with E-state index in [2.05, 4.69) is 10.6 Å². The van der Waals surface area contributed by atoms with Crippen molar-refractivity contribution in [1.82, 2.24) is 4.90 Å². The molecule has 3 amide bonds. The number of rotatable bonds is 8. The summed E-state index contributed by atoms with van der Waals surface area (Å²) in [5, 5.41) is 16.8. The number of amides is 3. The van der Waals surface area contributed by atoms with Crippen LogP contribution in [0.3, 0.4) is 0 Å². The molecule has 3 fully saturated rings. The van der Waals surface area contributed by atoms with Crippen LogP contribution in [-0.4, -0.2) is 56.4 Å². The lowest BCUT2D eigenvalue weighted by atomic mass is 9.70. The average Bonchev–Trinajstić information content (AvgIpc) is 3.62. The van der Waals surface area contributed by atoms with Crippen LogP contribution in [-0.2, 0) is 20.8 Å². The Labute approximate surface area is 244 Å². The lowest BCUT2D eigenvalue weighted by Crippen LogP contribution is -2.55. The molecule has 3 aromatic rings. The molecular weight excluding hydrogens is 534 g/mol. The van der Waals surface area contributed by atoms with Gasteiger partial charge in [0.1, 0.15) is 6.04 Å². The van der Waals surface area contributed by atoms with Crippen LogP contribution in [0.4, 0.5) is 11.4 Å². The summed E-state index contributed by atoms with van der Waals surface area (Å²) in [4.78, 5) is 44.2.